The zero-order valence-corrected chi connectivity index (χ0v) is 22.9. The minimum absolute atomic E-state index is 0.0630. The molecule has 3 rings (SSSR count). The van der Waals surface area contributed by atoms with E-state index in [0.717, 1.165) is 10.5 Å². The first-order valence-corrected chi connectivity index (χ1v) is 13.1. The van der Waals surface area contributed by atoms with E-state index in [-0.39, 0.29) is 6.54 Å². The molecular formula is C29H31ClFNO4S. The quantitative estimate of drug-likeness (QED) is 0.286. The summed E-state index contributed by atoms with van der Waals surface area (Å²) >= 11 is 7.42. The summed E-state index contributed by atoms with van der Waals surface area (Å²) in [7, 11) is 0. The maximum Gasteiger partial charge on any atom is 0.410 e. The van der Waals surface area contributed by atoms with Crippen molar-refractivity contribution in [2.45, 2.75) is 61.7 Å². The van der Waals surface area contributed by atoms with Gasteiger partial charge in [-0.2, -0.15) is 0 Å². The fourth-order valence-corrected chi connectivity index (χ4v) is 4.83. The molecule has 0 heterocycles. The molecule has 0 saturated carbocycles. The number of benzene rings is 3. The van der Waals surface area contributed by atoms with Gasteiger partial charge in [-0.3, -0.25) is 4.79 Å². The first kappa shape index (κ1) is 28.7. The van der Waals surface area contributed by atoms with Crippen LogP contribution in [0.5, 0.6) is 0 Å². The summed E-state index contributed by atoms with van der Waals surface area (Å²) in [5.74, 6) is -0.450. The molecule has 0 aromatic heterocycles. The summed E-state index contributed by atoms with van der Waals surface area (Å²) in [6.07, 6.45) is -0.678. The van der Waals surface area contributed by atoms with Crippen molar-refractivity contribution < 1.29 is 23.8 Å². The zero-order valence-electron chi connectivity index (χ0n) is 21.3. The second kappa shape index (κ2) is 12.6. The summed E-state index contributed by atoms with van der Waals surface area (Å²) in [5, 5.41) is 11.2. The zero-order chi connectivity index (χ0) is 27.2. The third kappa shape index (κ3) is 8.32. The van der Waals surface area contributed by atoms with Gasteiger partial charge < -0.3 is 14.7 Å². The van der Waals surface area contributed by atoms with Crippen LogP contribution in [0.1, 0.15) is 55.3 Å². The number of carbonyl (C=O) groups excluding carboxylic acids is 2. The van der Waals surface area contributed by atoms with Crippen LogP contribution in [0.15, 0.2) is 76.5 Å². The van der Waals surface area contributed by atoms with Gasteiger partial charge in [-0.25, -0.2) is 9.18 Å². The maximum absolute atomic E-state index is 13.4. The SMILES string of the molecule is C[C@H](Cc1ccc(Sc2ccc(F)cc2C=O)cc1)OC(=O)N(C[C@H](O)c1cccc(Cl)c1)C(C)(C)C. The smallest absolute Gasteiger partial charge is 0.410 e. The predicted molar refractivity (Wildman–Crippen MR) is 145 cm³/mol. The summed E-state index contributed by atoms with van der Waals surface area (Å²) in [4.78, 5) is 27.4. The molecule has 0 aliphatic rings. The Balaban J connectivity index is 1.61. The van der Waals surface area contributed by atoms with E-state index in [2.05, 4.69) is 0 Å². The van der Waals surface area contributed by atoms with Gasteiger partial charge in [-0.15, -0.1) is 0 Å². The Morgan fingerprint density at radius 2 is 1.84 bits per heavy atom. The Morgan fingerprint density at radius 1 is 1.14 bits per heavy atom. The number of β-amino-alcohol motifs (C(OH)–C–C–N with tert-alkyl or cyclic N) is 1. The van der Waals surface area contributed by atoms with Crippen molar-refractivity contribution in [3.8, 4) is 0 Å². The van der Waals surface area contributed by atoms with Crippen LogP contribution in [0.3, 0.4) is 0 Å². The molecule has 8 heteroatoms. The monoisotopic (exact) mass is 543 g/mol. The van der Waals surface area contributed by atoms with E-state index in [1.54, 1.807) is 30.3 Å². The minimum Gasteiger partial charge on any atom is -0.446 e. The molecule has 3 aromatic rings. The lowest BCUT2D eigenvalue weighted by molar-refractivity contribution is 0.0198. The number of aldehydes is 1. The van der Waals surface area contributed by atoms with Crippen LogP contribution >= 0.6 is 23.4 Å². The van der Waals surface area contributed by atoms with Crippen molar-refractivity contribution in [3.05, 3.63) is 94.3 Å². The molecule has 1 N–H and O–H groups in total. The Hall–Kier alpha value is -2.87. The van der Waals surface area contributed by atoms with E-state index in [4.69, 9.17) is 16.3 Å². The number of nitrogens with zero attached hydrogens (tertiary/aromatic N) is 1. The second-order valence-electron chi connectivity index (χ2n) is 9.80. The van der Waals surface area contributed by atoms with Crippen molar-refractivity contribution in [2.24, 2.45) is 0 Å². The Bertz CT molecular complexity index is 1230. The number of ether oxygens (including phenoxy) is 1. The van der Waals surface area contributed by atoms with Crippen LogP contribution in [0, 0.1) is 5.82 Å². The number of amides is 1. The standard InChI is InChI=1S/C29H31ClFNO4S/c1-19(14-20-8-11-25(12-9-20)37-27-13-10-24(31)16-22(27)18-33)36-28(35)32(29(2,3)4)17-26(34)21-6-5-7-23(30)15-21/h5-13,15-16,18-19,26,34H,14,17H2,1-4H3/t19-,26+/m1/s1. The van der Waals surface area contributed by atoms with Crippen LogP contribution in [0.4, 0.5) is 9.18 Å². The van der Waals surface area contributed by atoms with Gasteiger partial charge >= 0.3 is 6.09 Å². The molecule has 0 aliphatic carbocycles. The van der Waals surface area contributed by atoms with Crippen molar-refractivity contribution in [1.82, 2.24) is 4.90 Å². The number of halogens is 2. The molecule has 0 unspecified atom stereocenters. The topological polar surface area (TPSA) is 66.8 Å². The average molecular weight is 544 g/mol. The van der Waals surface area contributed by atoms with Gasteiger partial charge in [-0.05, 0) is 81.3 Å². The molecule has 0 spiro atoms. The van der Waals surface area contributed by atoms with Crippen molar-refractivity contribution in [2.75, 3.05) is 6.54 Å². The van der Waals surface area contributed by atoms with E-state index in [1.165, 1.54) is 28.8 Å². The van der Waals surface area contributed by atoms with Crippen molar-refractivity contribution in [3.63, 3.8) is 0 Å². The molecule has 0 bridgehead atoms. The number of aliphatic hydroxyl groups excluding tert-OH is 1. The highest BCUT2D eigenvalue weighted by atomic mass is 35.5. The highest BCUT2D eigenvalue weighted by Crippen LogP contribution is 2.31. The van der Waals surface area contributed by atoms with E-state index in [9.17, 15) is 19.1 Å². The van der Waals surface area contributed by atoms with Gasteiger partial charge in [0.05, 0.1) is 12.6 Å². The number of hydrogen-bond acceptors (Lipinski definition) is 5. The third-order valence-electron chi connectivity index (χ3n) is 5.69. The molecule has 5 nitrogen and oxygen atoms in total. The van der Waals surface area contributed by atoms with E-state index in [1.807, 2.05) is 52.0 Å². The lowest BCUT2D eigenvalue weighted by atomic mass is 10.0. The number of carbonyl (C=O) groups is 2. The summed E-state index contributed by atoms with van der Waals surface area (Å²) in [6, 6.07) is 18.8. The third-order valence-corrected chi connectivity index (χ3v) is 7.03. The molecule has 0 aliphatic heterocycles. The first-order chi connectivity index (χ1) is 17.5. The number of hydrogen-bond donors (Lipinski definition) is 1. The van der Waals surface area contributed by atoms with Gasteiger partial charge in [0.2, 0.25) is 0 Å². The fourth-order valence-electron chi connectivity index (χ4n) is 3.75. The van der Waals surface area contributed by atoms with Crippen LogP contribution in [-0.4, -0.2) is 40.6 Å². The lowest BCUT2D eigenvalue weighted by Gasteiger charge is -2.37. The molecule has 3 aromatic carbocycles. The second-order valence-corrected chi connectivity index (χ2v) is 11.3. The lowest BCUT2D eigenvalue weighted by Crippen LogP contribution is -2.48. The van der Waals surface area contributed by atoms with Gasteiger partial charge in [0.25, 0.3) is 0 Å². The molecule has 1 amide bonds. The molecule has 0 saturated heterocycles. The van der Waals surface area contributed by atoms with Crippen molar-refractivity contribution in [1.29, 1.82) is 0 Å². The Labute approximate surface area is 226 Å². The van der Waals surface area contributed by atoms with Gasteiger partial charge in [0.1, 0.15) is 11.9 Å². The molecular weight excluding hydrogens is 513 g/mol. The van der Waals surface area contributed by atoms with E-state index < -0.39 is 29.7 Å². The normalized spacial score (nSPS) is 13.1. The van der Waals surface area contributed by atoms with Crippen LogP contribution in [0.25, 0.3) is 0 Å². The number of rotatable bonds is 9. The van der Waals surface area contributed by atoms with Crippen LogP contribution in [-0.2, 0) is 11.2 Å². The summed E-state index contributed by atoms with van der Waals surface area (Å²) < 4.78 is 19.1. The fraction of sp³-hybridized carbons (Fsp3) is 0.310. The van der Waals surface area contributed by atoms with Gasteiger partial charge in [0.15, 0.2) is 6.29 Å². The molecule has 2 atom stereocenters. The van der Waals surface area contributed by atoms with Gasteiger partial charge in [0, 0.05) is 32.3 Å². The predicted octanol–water partition coefficient (Wildman–Crippen LogP) is 7.34. The molecule has 37 heavy (non-hydrogen) atoms. The number of aliphatic hydroxyl groups is 1. The maximum atomic E-state index is 13.4. The Kier molecular flexibility index (Phi) is 9.76. The summed E-state index contributed by atoms with van der Waals surface area (Å²) in [5.41, 5.74) is 1.33. The largest absolute Gasteiger partial charge is 0.446 e. The Morgan fingerprint density at radius 3 is 2.46 bits per heavy atom. The minimum atomic E-state index is -0.910. The highest BCUT2D eigenvalue weighted by Gasteiger charge is 2.31. The van der Waals surface area contributed by atoms with Crippen molar-refractivity contribution >= 4 is 35.7 Å². The highest BCUT2D eigenvalue weighted by molar-refractivity contribution is 7.99. The van der Waals surface area contributed by atoms with Gasteiger partial charge in [-0.1, -0.05) is 47.6 Å². The molecule has 0 radical (unpaired) electrons. The molecule has 0 fully saturated rings. The van der Waals surface area contributed by atoms with E-state index in [0.29, 0.717) is 33.8 Å². The summed E-state index contributed by atoms with van der Waals surface area (Å²) in [6.45, 7) is 7.54. The molecule has 196 valence electrons. The van der Waals surface area contributed by atoms with Crippen LogP contribution < -0.4 is 0 Å². The van der Waals surface area contributed by atoms with Crippen LogP contribution in [0.2, 0.25) is 5.02 Å². The first-order valence-electron chi connectivity index (χ1n) is 11.9. The average Bonchev–Trinajstić information content (AvgIpc) is 2.83. The van der Waals surface area contributed by atoms with E-state index >= 15 is 0 Å².